The molecule has 5 nitrogen and oxygen atoms in total. The first-order chi connectivity index (χ1) is 9.22. The van der Waals surface area contributed by atoms with Crippen LogP contribution < -0.4 is 10.1 Å². The van der Waals surface area contributed by atoms with Gasteiger partial charge in [-0.25, -0.2) is 0 Å². The molecule has 0 unspecified atom stereocenters. The van der Waals surface area contributed by atoms with Crippen molar-refractivity contribution in [2.24, 2.45) is 0 Å². The number of carbonyl (C=O) groups excluding carboxylic acids is 1. The lowest BCUT2D eigenvalue weighted by Crippen LogP contribution is -2.49. The highest BCUT2D eigenvalue weighted by Crippen LogP contribution is 2.37. The average molecular weight is 263 g/mol. The van der Waals surface area contributed by atoms with Crippen molar-refractivity contribution in [1.29, 1.82) is 0 Å². The number of aryl methyl sites for hydroxylation is 1. The van der Waals surface area contributed by atoms with E-state index >= 15 is 0 Å². The first-order valence-corrected chi connectivity index (χ1v) is 7.23. The lowest BCUT2D eigenvalue weighted by Gasteiger charge is -2.39. The maximum atomic E-state index is 12.3. The number of Topliss-reactive ketones (excluding diaryl/α,β-unsaturated/α-hetero) is 1. The molecule has 2 aliphatic heterocycles. The smallest absolute Gasteiger partial charge is 0.190 e. The Hall–Kier alpha value is -1.36. The Morgan fingerprint density at radius 3 is 3.00 bits per heavy atom. The van der Waals surface area contributed by atoms with Crippen molar-refractivity contribution in [3.8, 4) is 5.75 Å². The summed E-state index contributed by atoms with van der Waals surface area (Å²) in [6.45, 7) is 4.85. The normalized spacial score (nSPS) is 21.2. The Bertz CT molecular complexity index is 475. The van der Waals surface area contributed by atoms with Gasteiger partial charge in [-0.1, -0.05) is 13.3 Å². The van der Waals surface area contributed by atoms with E-state index in [2.05, 4.69) is 17.3 Å². The largest absolute Gasteiger partial charge is 0.483 e. The molecule has 0 atom stereocenters. The van der Waals surface area contributed by atoms with E-state index in [-0.39, 0.29) is 11.4 Å². The Labute approximate surface area is 113 Å². The second-order valence-corrected chi connectivity index (χ2v) is 5.59. The maximum Gasteiger partial charge on any atom is 0.190 e. The summed E-state index contributed by atoms with van der Waals surface area (Å²) >= 11 is 0. The monoisotopic (exact) mass is 263 g/mol. The minimum Gasteiger partial charge on any atom is -0.483 e. The van der Waals surface area contributed by atoms with E-state index in [1.807, 2.05) is 10.9 Å². The third-order valence-electron chi connectivity index (χ3n) is 4.06. The molecule has 0 aromatic carbocycles. The Morgan fingerprint density at radius 2 is 2.26 bits per heavy atom. The standard InChI is InChI=1S/C14H21N3O2/c1-2-3-8-17-10-12-13(16-17)11(18)9-14(19-12)4-6-15-7-5-14/h10,15H,2-9H2,1H3. The van der Waals surface area contributed by atoms with Gasteiger partial charge in [0.05, 0.1) is 12.6 Å². The molecule has 1 saturated heterocycles. The van der Waals surface area contributed by atoms with Crippen molar-refractivity contribution in [2.75, 3.05) is 13.1 Å². The topological polar surface area (TPSA) is 56.2 Å². The fraction of sp³-hybridized carbons (Fsp3) is 0.714. The molecular weight excluding hydrogens is 242 g/mol. The van der Waals surface area contributed by atoms with Gasteiger partial charge < -0.3 is 10.1 Å². The lowest BCUT2D eigenvalue weighted by atomic mass is 9.84. The molecule has 1 aromatic heterocycles. The lowest BCUT2D eigenvalue weighted by molar-refractivity contribution is 0.0185. The molecule has 0 radical (unpaired) electrons. The number of nitrogens with zero attached hydrogens (tertiary/aromatic N) is 2. The van der Waals surface area contributed by atoms with Crippen molar-refractivity contribution in [3.05, 3.63) is 11.9 Å². The van der Waals surface area contributed by atoms with Gasteiger partial charge in [0.2, 0.25) is 0 Å². The van der Waals surface area contributed by atoms with Gasteiger partial charge in [0.25, 0.3) is 0 Å². The van der Waals surface area contributed by atoms with E-state index in [9.17, 15) is 4.79 Å². The minimum atomic E-state index is -0.284. The number of hydrogen-bond donors (Lipinski definition) is 1. The first-order valence-electron chi connectivity index (χ1n) is 7.23. The second kappa shape index (κ2) is 4.96. The van der Waals surface area contributed by atoms with E-state index in [0.29, 0.717) is 17.9 Å². The van der Waals surface area contributed by atoms with Crippen LogP contribution in [-0.2, 0) is 6.54 Å². The van der Waals surface area contributed by atoms with Gasteiger partial charge in [0.15, 0.2) is 17.2 Å². The molecule has 1 fully saturated rings. The number of hydrogen-bond acceptors (Lipinski definition) is 4. The van der Waals surface area contributed by atoms with Gasteiger partial charge in [0, 0.05) is 19.4 Å². The number of carbonyl (C=O) groups is 1. The third-order valence-corrected chi connectivity index (χ3v) is 4.06. The summed E-state index contributed by atoms with van der Waals surface area (Å²) in [6.07, 6.45) is 6.37. The number of rotatable bonds is 3. The van der Waals surface area contributed by atoms with Crippen LogP contribution >= 0.6 is 0 Å². The molecule has 0 saturated carbocycles. The van der Waals surface area contributed by atoms with Crippen LogP contribution in [0.2, 0.25) is 0 Å². The summed E-state index contributed by atoms with van der Waals surface area (Å²) < 4.78 is 8.00. The zero-order chi connectivity index (χ0) is 13.3. The van der Waals surface area contributed by atoms with Crippen molar-refractivity contribution >= 4 is 5.78 Å². The first kappa shape index (κ1) is 12.7. The van der Waals surface area contributed by atoms with E-state index in [4.69, 9.17) is 4.74 Å². The summed E-state index contributed by atoms with van der Waals surface area (Å²) in [7, 11) is 0. The van der Waals surface area contributed by atoms with E-state index in [1.54, 1.807) is 0 Å². The van der Waals surface area contributed by atoms with E-state index in [0.717, 1.165) is 45.3 Å². The molecule has 1 N–H and O–H groups in total. The molecule has 5 heteroatoms. The summed E-state index contributed by atoms with van der Waals surface area (Å²) in [5, 5.41) is 7.69. The van der Waals surface area contributed by atoms with Crippen molar-refractivity contribution < 1.29 is 9.53 Å². The number of nitrogens with one attached hydrogen (secondary N) is 1. The summed E-state index contributed by atoms with van der Waals surface area (Å²) in [5.41, 5.74) is 0.244. The molecule has 3 rings (SSSR count). The molecule has 3 heterocycles. The zero-order valence-corrected chi connectivity index (χ0v) is 11.4. The van der Waals surface area contributed by atoms with Crippen LogP contribution in [0.1, 0.15) is 49.5 Å². The Morgan fingerprint density at radius 1 is 1.47 bits per heavy atom. The zero-order valence-electron chi connectivity index (χ0n) is 11.4. The quantitative estimate of drug-likeness (QED) is 0.903. The number of piperidine rings is 1. The molecule has 0 bridgehead atoms. The van der Waals surface area contributed by atoms with Gasteiger partial charge in [0.1, 0.15) is 5.60 Å². The number of ketones is 1. The fourth-order valence-electron chi connectivity index (χ4n) is 2.91. The summed E-state index contributed by atoms with van der Waals surface area (Å²) in [6, 6.07) is 0. The third kappa shape index (κ3) is 2.39. The molecule has 1 aromatic rings. The number of unbranched alkanes of at least 4 members (excludes halogenated alkanes) is 1. The van der Waals surface area contributed by atoms with Gasteiger partial charge in [-0.2, -0.15) is 5.10 Å². The number of fused-ring (bicyclic) bond motifs is 1. The van der Waals surface area contributed by atoms with Crippen LogP contribution in [0.25, 0.3) is 0 Å². The van der Waals surface area contributed by atoms with Crippen molar-refractivity contribution in [3.63, 3.8) is 0 Å². The summed E-state index contributed by atoms with van der Waals surface area (Å²) in [4.78, 5) is 12.3. The van der Waals surface area contributed by atoms with E-state index < -0.39 is 0 Å². The molecule has 2 aliphatic rings. The molecule has 0 aliphatic carbocycles. The highest BCUT2D eigenvalue weighted by Gasteiger charge is 2.42. The number of aromatic nitrogens is 2. The fourth-order valence-corrected chi connectivity index (χ4v) is 2.91. The Kier molecular flexibility index (Phi) is 3.31. The van der Waals surface area contributed by atoms with Crippen LogP contribution in [0.3, 0.4) is 0 Å². The van der Waals surface area contributed by atoms with Crippen LogP contribution in [0.5, 0.6) is 5.75 Å². The van der Waals surface area contributed by atoms with Gasteiger partial charge >= 0.3 is 0 Å². The van der Waals surface area contributed by atoms with Crippen LogP contribution in [-0.4, -0.2) is 34.3 Å². The highest BCUT2D eigenvalue weighted by atomic mass is 16.5. The van der Waals surface area contributed by atoms with Crippen molar-refractivity contribution in [1.82, 2.24) is 15.1 Å². The van der Waals surface area contributed by atoms with Crippen molar-refractivity contribution in [2.45, 2.75) is 51.2 Å². The summed E-state index contributed by atoms with van der Waals surface area (Å²) in [5.74, 6) is 0.827. The molecular formula is C14H21N3O2. The highest BCUT2D eigenvalue weighted by molar-refractivity contribution is 5.98. The van der Waals surface area contributed by atoms with Gasteiger partial charge in [-0.05, 0) is 19.5 Å². The maximum absolute atomic E-state index is 12.3. The van der Waals surface area contributed by atoms with Gasteiger partial charge in [-0.15, -0.1) is 0 Å². The Balaban J connectivity index is 1.82. The minimum absolute atomic E-state index is 0.137. The van der Waals surface area contributed by atoms with Gasteiger partial charge in [-0.3, -0.25) is 9.48 Å². The van der Waals surface area contributed by atoms with E-state index in [1.165, 1.54) is 0 Å². The predicted molar refractivity (Wildman–Crippen MR) is 71.5 cm³/mol. The molecule has 1 spiro atoms. The second-order valence-electron chi connectivity index (χ2n) is 5.59. The number of ether oxygens (including phenoxy) is 1. The molecule has 0 amide bonds. The SMILES string of the molecule is CCCCn1cc2c(n1)C(=O)CC1(CCNCC1)O2. The predicted octanol–water partition coefficient (Wildman–Crippen LogP) is 1.77. The van der Waals surface area contributed by atoms with Crippen LogP contribution in [0.15, 0.2) is 6.20 Å². The average Bonchev–Trinajstić information content (AvgIpc) is 2.80. The molecule has 104 valence electrons. The van der Waals surface area contributed by atoms with Crippen LogP contribution in [0, 0.1) is 0 Å². The van der Waals surface area contributed by atoms with Crippen LogP contribution in [0.4, 0.5) is 0 Å². The molecule has 19 heavy (non-hydrogen) atoms.